The van der Waals surface area contributed by atoms with Gasteiger partial charge in [0.15, 0.2) is 5.72 Å². The highest BCUT2D eigenvalue weighted by Crippen LogP contribution is 2.44. The molecule has 0 saturated heterocycles. The van der Waals surface area contributed by atoms with Gasteiger partial charge >= 0.3 is 21.7 Å². The van der Waals surface area contributed by atoms with Crippen molar-refractivity contribution in [2.45, 2.75) is 32.0 Å². The average molecular weight is 317 g/mol. The normalized spacial score (nSPS) is 24.2. The fraction of sp³-hybridized carbons (Fsp3) is 0.700. The van der Waals surface area contributed by atoms with Crippen LogP contribution in [0, 0.1) is 5.41 Å². The highest BCUT2D eigenvalue weighted by Gasteiger charge is 2.59. The van der Waals surface area contributed by atoms with E-state index in [1.807, 2.05) is 0 Å². The third-order valence-electron chi connectivity index (χ3n) is 2.86. The van der Waals surface area contributed by atoms with Crippen molar-refractivity contribution in [3.8, 4) is 0 Å². The number of carboxylic acid groups (broad SMARTS) is 1. The number of amides is 1. The van der Waals surface area contributed by atoms with E-state index in [4.69, 9.17) is 5.11 Å². The number of hydrogen-bond acceptors (Lipinski definition) is 4. The van der Waals surface area contributed by atoms with Crippen LogP contribution in [0.5, 0.6) is 0 Å². The molecule has 1 aliphatic heterocycles. The maximum Gasteiger partial charge on any atom is 0.523 e. The first-order chi connectivity index (χ1) is 8.75. The zero-order valence-corrected chi connectivity index (χ0v) is 11.7. The summed E-state index contributed by atoms with van der Waals surface area (Å²) in [7, 11) is -5.95. The van der Waals surface area contributed by atoms with Gasteiger partial charge in [-0.1, -0.05) is 26.8 Å². The van der Waals surface area contributed by atoms with Gasteiger partial charge in [-0.05, 0) is 6.08 Å². The third kappa shape index (κ3) is 2.62. The second kappa shape index (κ2) is 4.62. The highest BCUT2D eigenvalue weighted by atomic mass is 32.2. The summed E-state index contributed by atoms with van der Waals surface area (Å²) in [5.74, 6) is 0. The number of alkyl halides is 3. The first-order valence-corrected chi connectivity index (χ1v) is 6.85. The number of halogens is 3. The summed E-state index contributed by atoms with van der Waals surface area (Å²) in [5, 5.41) is 9.04. The van der Waals surface area contributed by atoms with Gasteiger partial charge in [-0.3, -0.25) is 4.90 Å². The molecule has 6 nitrogen and oxygen atoms in total. The lowest BCUT2D eigenvalue weighted by Gasteiger charge is -2.44. The van der Waals surface area contributed by atoms with Crippen molar-refractivity contribution < 1.29 is 35.7 Å². The third-order valence-corrected chi connectivity index (χ3v) is 3.90. The van der Waals surface area contributed by atoms with Crippen LogP contribution in [0.3, 0.4) is 0 Å². The molecule has 0 saturated carbocycles. The molecule has 1 unspecified atom stereocenters. The Balaban J connectivity index is 3.37. The number of nitrogens with zero attached hydrogens (tertiary/aromatic N) is 1. The summed E-state index contributed by atoms with van der Waals surface area (Å²) < 4.78 is 64.2. The van der Waals surface area contributed by atoms with Crippen LogP contribution in [0.4, 0.5) is 18.0 Å². The molecule has 1 rings (SSSR count). The van der Waals surface area contributed by atoms with E-state index >= 15 is 0 Å². The van der Waals surface area contributed by atoms with Crippen LogP contribution in [-0.4, -0.2) is 42.3 Å². The summed E-state index contributed by atoms with van der Waals surface area (Å²) in [6.07, 6.45) is 0.678. The average Bonchev–Trinajstić information content (AvgIpc) is 2.59. The Labute approximate surface area is 113 Å². The Bertz CT molecular complexity index is 534. The van der Waals surface area contributed by atoms with Crippen LogP contribution in [-0.2, 0) is 14.3 Å². The molecule has 0 radical (unpaired) electrons. The van der Waals surface area contributed by atoms with Gasteiger partial charge in [0.05, 0.1) is 0 Å². The van der Waals surface area contributed by atoms with Crippen LogP contribution >= 0.6 is 0 Å². The molecule has 10 heteroatoms. The van der Waals surface area contributed by atoms with Gasteiger partial charge in [-0.15, -0.1) is 0 Å². The van der Waals surface area contributed by atoms with Crippen LogP contribution in [0.2, 0.25) is 0 Å². The molecule has 0 aliphatic carbocycles. The second-order valence-electron chi connectivity index (χ2n) is 5.23. The van der Waals surface area contributed by atoms with E-state index in [1.165, 1.54) is 26.8 Å². The number of carbonyl (C=O) groups is 1. The Morgan fingerprint density at radius 2 is 1.85 bits per heavy atom. The molecular weight excluding hydrogens is 303 g/mol. The molecule has 20 heavy (non-hydrogen) atoms. The minimum Gasteiger partial charge on any atom is -0.465 e. The van der Waals surface area contributed by atoms with E-state index in [9.17, 15) is 26.4 Å². The van der Waals surface area contributed by atoms with Crippen molar-refractivity contribution in [3.05, 3.63) is 12.2 Å². The van der Waals surface area contributed by atoms with Crippen molar-refractivity contribution in [2.75, 3.05) is 6.54 Å². The molecule has 1 heterocycles. The smallest absolute Gasteiger partial charge is 0.465 e. The minimum atomic E-state index is -5.95. The van der Waals surface area contributed by atoms with Crippen molar-refractivity contribution in [2.24, 2.45) is 5.41 Å². The van der Waals surface area contributed by atoms with Crippen molar-refractivity contribution in [1.29, 1.82) is 0 Å². The fourth-order valence-corrected chi connectivity index (χ4v) is 2.66. The first-order valence-electron chi connectivity index (χ1n) is 5.45. The molecular formula is C10H14F3NO5S. The zero-order valence-electron chi connectivity index (χ0n) is 10.9. The van der Waals surface area contributed by atoms with Gasteiger partial charge in [-0.25, -0.2) is 8.98 Å². The van der Waals surface area contributed by atoms with Gasteiger partial charge in [0.2, 0.25) is 0 Å². The van der Waals surface area contributed by atoms with Gasteiger partial charge in [0, 0.05) is 12.0 Å². The summed E-state index contributed by atoms with van der Waals surface area (Å²) >= 11 is 0. The lowest BCUT2D eigenvalue weighted by atomic mass is 9.83. The Hall–Kier alpha value is -1.29. The van der Waals surface area contributed by atoms with Crippen molar-refractivity contribution >= 4 is 16.2 Å². The summed E-state index contributed by atoms with van der Waals surface area (Å²) in [6.45, 7) is 3.87. The summed E-state index contributed by atoms with van der Waals surface area (Å²) in [6, 6.07) is 0. The molecule has 1 N–H and O–H groups in total. The van der Waals surface area contributed by atoms with E-state index in [-0.39, 0.29) is 6.54 Å². The van der Waals surface area contributed by atoms with Crippen LogP contribution < -0.4 is 0 Å². The van der Waals surface area contributed by atoms with Gasteiger partial charge in [0.25, 0.3) is 0 Å². The SMILES string of the molecule is CC(C)(C)C1(OS(=O)(=O)C(F)(F)F)C=CCN1C(=O)O. The molecule has 1 aliphatic rings. The summed E-state index contributed by atoms with van der Waals surface area (Å²) in [4.78, 5) is 11.6. The molecule has 1 atom stereocenters. The minimum absolute atomic E-state index is 0.264. The lowest BCUT2D eigenvalue weighted by molar-refractivity contribution is -0.113. The molecule has 0 fully saturated rings. The van der Waals surface area contributed by atoms with Crippen molar-refractivity contribution in [1.82, 2.24) is 4.90 Å². The highest BCUT2D eigenvalue weighted by molar-refractivity contribution is 7.87. The molecule has 1 amide bonds. The quantitative estimate of drug-likeness (QED) is 0.479. The second-order valence-corrected chi connectivity index (χ2v) is 6.76. The number of hydrogen-bond donors (Lipinski definition) is 1. The zero-order chi connectivity index (χ0) is 16.0. The molecule has 0 spiro atoms. The van der Waals surface area contributed by atoms with E-state index in [0.29, 0.717) is 4.90 Å². The van der Waals surface area contributed by atoms with Crippen molar-refractivity contribution in [3.63, 3.8) is 0 Å². The van der Waals surface area contributed by atoms with Crippen LogP contribution in [0.15, 0.2) is 12.2 Å². The van der Waals surface area contributed by atoms with Gasteiger partial charge in [0.1, 0.15) is 0 Å². The van der Waals surface area contributed by atoms with E-state index in [0.717, 1.165) is 6.08 Å². The van der Waals surface area contributed by atoms with E-state index < -0.39 is 32.9 Å². The van der Waals surface area contributed by atoms with E-state index in [1.54, 1.807) is 0 Å². The van der Waals surface area contributed by atoms with Crippen LogP contribution in [0.25, 0.3) is 0 Å². The molecule has 0 aromatic heterocycles. The largest absolute Gasteiger partial charge is 0.523 e. The fourth-order valence-electron chi connectivity index (χ4n) is 1.83. The molecule has 116 valence electrons. The van der Waals surface area contributed by atoms with Gasteiger partial charge in [-0.2, -0.15) is 21.6 Å². The van der Waals surface area contributed by atoms with Crippen LogP contribution in [0.1, 0.15) is 20.8 Å². The molecule has 0 bridgehead atoms. The topological polar surface area (TPSA) is 83.9 Å². The Morgan fingerprint density at radius 3 is 2.20 bits per heavy atom. The number of rotatable bonds is 2. The summed E-state index contributed by atoms with van der Waals surface area (Å²) in [5.41, 5.74) is -9.12. The lowest BCUT2D eigenvalue weighted by Crippen LogP contribution is -2.59. The predicted octanol–water partition coefficient (Wildman–Crippen LogP) is 2.14. The predicted molar refractivity (Wildman–Crippen MR) is 62.1 cm³/mol. The molecule has 0 aromatic rings. The standard InChI is InChI=1S/C10H14F3NO5S/c1-8(2,3)9(5-4-6-14(9)7(15)16)19-20(17,18)10(11,12)13/h4-5H,6H2,1-3H3,(H,15,16). The monoisotopic (exact) mass is 317 g/mol. The maximum absolute atomic E-state index is 12.5. The maximum atomic E-state index is 12.5. The van der Waals surface area contributed by atoms with E-state index in [2.05, 4.69) is 4.18 Å². The Morgan fingerprint density at radius 1 is 1.35 bits per heavy atom. The molecule has 0 aromatic carbocycles. The Kier molecular flexibility index (Phi) is 3.87. The van der Waals surface area contributed by atoms with Gasteiger partial charge < -0.3 is 5.11 Å². The first kappa shape index (κ1) is 16.8.